The van der Waals surface area contributed by atoms with E-state index in [4.69, 9.17) is 9.84 Å². The van der Waals surface area contributed by atoms with Crippen molar-refractivity contribution in [1.82, 2.24) is 4.90 Å². The molecule has 4 nitrogen and oxygen atoms in total. The number of halogens is 1. The second kappa shape index (κ2) is 6.70. The maximum absolute atomic E-state index is 13.6. The van der Waals surface area contributed by atoms with Crippen LogP contribution in [0.3, 0.4) is 0 Å². The summed E-state index contributed by atoms with van der Waals surface area (Å²) in [5, 5.41) is 8.99. The van der Waals surface area contributed by atoms with Crippen molar-refractivity contribution < 1.29 is 19.0 Å². The number of amides is 1. The van der Waals surface area contributed by atoms with Gasteiger partial charge in [-0.3, -0.25) is 4.79 Å². The van der Waals surface area contributed by atoms with Crippen molar-refractivity contribution in [1.29, 1.82) is 0 Å². The van der Waals surface area contributed by atoms with Crippen molar-refractivity contribution in [3.63, 3.8) is 0 Å². The maximum atomic E-state index is 13.6. The second-order valence-corrected chi connectivity index (χ2v) is 5.12. The van der Waals surface area contributed by atoms with Gasteiger partial charge < -0.3 is 14.7 Å². The van der Waals surface area contributed by atoms with Gasteiger partial charge in [0.2, 0.25) is 0 Å². The Morgan fingerprint density at radius 1 is 1.55 bits per heavy atom. The molecule has 110 valence electrons. The SMILES string of the molecule is COc1ccc(C(=O)N2CCCC(CCO)C2)cc1F. The van der Waals surface area contributed by atoms with Gasteiger partial charge >= 0.3 is 0 Å². The third-order valence-corrected chi connectivity index (χ3v) is 3.74. The van der Waals surface area contributed by atoms with Gasteiger partial charge in [-0.25, -0.2) is 4.39 Å². The molecule has 0 radical (unpaired) electrons. The Morgan fingerprint density at radius 2 is 2.35 bits per heavy atom. The van der Waals surface area contributed by atoms with Gasteiger partial charge in [0.15, 0.2) is 11.6 Å². The molecule has 1 heterocycles. The highest BCUT2D eigenvalue weighted by molar-refractivity contribution is 5.94. The van der Waals surface area contributed by atoms with Crippen LogP contribution in [0.15, 0.2) is 18.2 Å². The fourth-order valence-corrected chi connectivity index (χ4v) is 2.65. The standard InChI is InChI=1S/C15H20FNO3/c1-20-14-5-4-12(9-13(14)16)15(19)17-7-2-3-11(10-17)6-8-18/h4-5,9,11,18H,2-3,6-8,10H2,1H3. The van der Waals surface area contributed by atoms with Gasteiger partial charge in [0.05, 0.1) is 7.11 Å². The van der Waals surface area contributed by atoms with E-state index < -0.39 is 5.82 Å². The van der Waals surface area contributed by atoms with E-state index in [1.807, 2.05) is 0 Å². The van der Waals surface area contributed by atoms with Gasteiger partial charge in [0, 0.05) is 25.3 Å². The number of benzene rings is 1. The maximum Gasteiger partial charge on any atom is 0.253 e. The summed E-state index contributed by atoms with van der Waals surface area (Å²) in [4.78, 5) is 14.1. The largest absolute Gasteiger partial charge is 0.494 e. The molecule has 1 aliphatic heterocycles. The highest BCUT2D eigenvalue weighted by Crippen LogP contribution is 2.23. The van der Waals surface area contributed by atoms with Crippen LogP contribution in [-0.2, 0) is 0 Å². The van der Waals surface area contributed by atoms with Crippen LogP contribution in [0.5, 0.6) is 5.75 Å². The molecule has 1 amide bonds. The zero-order valence-electron chi connectivity index (χ0n) is 11.6. The smallest absolute Gasteiger partial charge is 0.253 e. The van der Waals surface area contributed by atoms with E-state index in [2.05, 4.69) is 0 Å². The van der Waals surface area contributed by atoms with Crippen molar-refractivity contribution in [3.8, 4) is 5.75 Å². The van der Waals surface area contributed by atoms with E-state index in [9.17, 15) is 9.18 Å². The Labute approximate surface area is 118 Å². The number of piperidine rings is 1. The predicted molar refractivity (Wildman–Crippen MR) is 73.3 cm³/mol. The molecule has 5 heteroatoms. The minimum absolute atomic E-state index is 0.137. The van der Waals surface area contributed by atoms with Crippen LogP contribution in [0.25, 0.3) is 0 Å². The minimum atomic E-state index is -0.526. The van der Waals surface area contributed by atoms with Gasteiger partial charge in [0.25, 0.3) is 5.91 Å². The first-order chi connectivity index (χ1) is 9.65. The van der Waals surface area contributed by atoms with E-state index >= 15 is 0 Å². The number of hydrogen-bond acceptors (Lipinski definition) is 3. The Bertz CT molecular complexity index is 476. The topological polar surface area (TPSA) is 49.8 Å². The van der Waals surface area contributed by atoms with Gasteiger partial charge in [0.1, 0.15) is 0 Å². The number of nitrogens with zero attached hydrogens (tertiary/aromatic N) is 1. The molecule has 1 aromatic carbocycles. The van der Waals surface area contributed by atoms with Crippen LogP contribution in [0.4, 0.5) is 4.39 Å². The fourth-order valence-electron chi connectivity index (χ4n) is 2.65. The summed E-state index contributed by atoms with van der Waals surface area (Å²) >= 11 is 0. The van der Waals surface area contributed by atoms with Crippen LogP contribution < -0.4 is 4.74 Å². The molecule has 1 aromatic rings. The van der Waals surface area contributed by atoms with Gasteiger partial charge in [-0.1, -0.05) is 0 Å². The van der Waals surface area contributed by atoms with E-state index in [0.717, 1.165) is 12.8 Å². The molecule has 20 heavy (non-hydrogen) atoms. The minimum Gasteiger partial charge on any atom is -0.494 e. The van der Waals surface area contributed by atoms with E-state index in [-0.39, 0.29) is 18.3 Å². The lowest BCUT2D eigenvalue weighted by atomic mass is 9.94. The molecule has 0 bridgehead atoms. The lowest BCUT2D eigenvalue weighted by Gasteiger charge is -2.32. The van der Waals surface area contributed by atoms with Crippen molar-refractivity contribution in [2.75, 3.05) is 26.8 Å². The number of carbonyl (C=O) groups excluding carboxylic acids is 1. The lowest BCUT2D eigenvalue weighted by Crippen LogP contribution is -2.40. The third-order valence-electron chi connectivity index (χ3n) is 3.74. The van der Waals surface area contributed by atoms with Crippen molar-refractivity contribution >= 4 is 5.91 Å². The van der Waals surface area contributed by atoms with E-state index in [1.165, 1.54) is 19.2 Å². The van der Waals surface area contributed by atoms with Crippen molar-refractivity contribution in [3.05, 3.63) is 29.6 Å². The molecule has 0 aromatic heterocycles. The number of hydrogen-bond donors (Lipinski definition) is 1. The Hall–Kier alpha value is -1.62. The molecule has 0 aliphatic carbocycles. The van der Waals surface area contributed by atoms with Crippen LogP contribution in [0, 0.1) is 11.7 Å². The molecule has 1 saturated heterocycles. The summed E-state index contributed by atoms with van der Waals surface area (Å²) in [6.45, 7) is 1.46. The Morgan fingerprint density at radius 3 is 3.00 bits per heavy atom. The lowest BCUT2D eigenvalue weighted by molar-refractivity contribution is 0.0653. The zero-order valence-corrected chi connectivity index (χ0v) is 11.6. The Kier molecular flexibility index (Phi) is 4.95. The fraction of sp³-hybridized carbons (Fsp3) is 0.533. The highest BCUT2D eigenvalue weighted by Gasteiger charge is 2.24. The first-order valence-corrected chi connectivity index (χ1v) is 6.89. The first kappa shape index (κ1) is 14.8. The number of ether oxygens (including phenoxy) is 1. The molecular formula is C15H20FNO3. The van der Waals surface area contributed by atoms with E-state index in [1.54, 1.807) is 11.0 Å². The summed E-state index contributed by atoms with van der Waals surface area (Å²) in [6.07, 6.45) is 2.66. The summed E-state index contributed by atoms with van der Waals surface area (Å²) in [6, 6.07) is 4.27. The molecule has 1 atom stereocenters. The van der Waals surface area contributed by atoms with Crippen LogP contribution >= 0.6 is 0 Å². The molecule has 0 spiro atoms. The van der Waals surface area contributed by atoms with Gasteiger partial charge in [-0.15, -0.1) is 0 Å². The predicted octanol–water partition coefficient (Wildman–Crippen LogP) is 2.07. The number of aliphatic hydroxyl groups excluding tert-OH is 1. The van der Waals surface area contributed by atoms with Gasteiger partial charge in [-0.2, -0.15) is 0 Å². The molecular weight excluding hydrogens is 261 g/mol. The molecule has 0 saturated carbocycles. The average molecular weight is 281 g/mol. The third kappa shape index (κ3) is 3.28. The first-order valence-electron chi connectivity index (χ1n) is 6.89. The molecule has 1 fully saturated rings. The summed E-state index contributed by atoms with van der Waals surface area (Å²) < 4.78 is 18.5. The van der Waals surface area contributed by atoms with Crippen LogP contribution in [-0.4, -0.2) is 42.7 Å². The number of likely N-dealkylation sites (tertiary alicyclic amines) is 1. The van der Waals surface area contributed by atoms with Crippen molar-refractivity contribution in [2.45, 2.75) is 19.3 Å². The number of carbonyl (C=O) groups is 1. The number of methoxy groups -OCH3 is 1. The second-order valence-electron chi connectivity index (χ2n) is 5.12. The molecule has 1 aliphatic rings. The summed E-state index contributed by atoms with van der Waals surface area (Å²) in [7, 11) is 1.39. The quantitative estimate of drug-likeness (QED) is 0.919. The summed E-state index contributed by atoms with van der Waals surface area (Å²) in [5.74, 6) is -0.212. The van der Waals surface area contributed by atoms with Crippen LogP contribution in [0.2, 0.25) is 0 Å². The van der Waals surface area contributed by atoms with Crippen molar-refractivity contribution in [2.24, 2.45) is 5.92 Å². The zero-order chi connectivity index (χ0) is 14.5. The monoisotopic (exact) mass is 281 g/mol. The number of rotatable bonds is 4. The Balaban J connectivity index is 2.08. The highest BCUT2D eigenvalue weighted by atomic mass is 19.1. The molecule has 1 unspecified atom stereocenters. The average Bonchev–Trinajstić information content (AvgIpc) is 2.47. The normalized spacial score (nSPS) is 18.9. The van der Waals surface area contributed by atoms with Crippen LogP contribution in [0.1, 0.15) is 29.6 Å². The molecule has 1 N–H and O–H groups in total. The number of aliphatic hydroxyl groups is 1. The summed E-state index contributed by atoms with van der Waals surface area (Å²) in [5.41, 5.74) is 0.341. The van der Waals surface area contributed by atoms with E-state index in [0.29, 0.717) is 31.0 Å². The molecule has 2 rings (SSSR count). The van der Waals surface area contributed by atoms with Gasteiger partial charge in [-0.05, 0) is 43.4 Å².